The van der Waals surface area contributed by atoms with Crippen molar-refractivity contribution in [2.24, 2.45) is 0 Å². The normalized spacial score (nSPS) is 10.6. The van der Waals surface area contributed by atoms with Crippen molar-refractivity contribution < 1.29 is 9.53 Å². The topological polar surface area (TPSA) is 85.9 Å². The maximum absolute atomic E-state index is 12.6. The summed E-state index contributed by atoms with van der Waals surface area (Å²) >= 11 is 9.48. The van der Waals surface area contributed by atoms with Crippen LogP contribution < -0.4 is 10.1 Å². The van der Waals surface area contributed by atoms with Gasteiger partial charge in [0.15, 0.2) is 0 Å². The van der Waals surface area contributed by atoms with E-state index in [9.17, 15) is 15.3 Å². The molecule has 0 radical (unpaired) electrons. The molecule has 152 valence electrons. The van der Waals surface area contributed by atoms with E-state index < -0.39 is 5.91 Å². The average molecular weight is 493 g/mol. The lowest BCUT2D eigenvalue weighted by Gasteiger charge is -2.11. The van der Waals surface area contributed by atoms with Gasteiger partial charge in [0.25, 0.3) is 5.91 Å². The van der Waals surface area contributed by atoms with Gasteiger partial charge in [-0.1, -0.05) is 57.9 Å². The highest BCUT2D eigenvalue weighted by molar-refractivity contribution is 9.10. The fraction of sp³-hybridized carbons (Fsp3) is 0.0417. The second-order valence-corrected chi connectivity index (χ2v) is 7.67. The Bertz CT molecular complexity index is 1240. The Balaban J connectivity index is 1.87. The number of nitrogens with one attached hydrogen (secondary N) is 1. The summed E-state index contributed by atoms with van der Waals surface area (Å²) in [5.41, 5.74) is 2.09. The predicted octanol–water partition coefficient (Wildman–Crippen LogP) is 6.10. The summed E-state index contributed by atoms with van der Waals surface area (Å²) in [7, 11) is 0. The van der Waals surface area contributed by atoms with Crippen molar-refractivity contribution in [3.05, 3.63) is 98.5 Å². The van der Waals surface area contributed by atoms with Gasteiger partial charge in [-0.25, -0.2) is 0 Å². The van der Waals surface area contributed by atoms with Crippen LogP contribution in [0.4, 0.5) is 5.69 Å². The molecule has 0 aromatic heterocycles. The molecule has 0 aliphatic carbocycles. The summed E-state index contributed by atoms with van der Waals surface area (Å²) in [6.45, 7) is 0.167. The first-order valence-electron chi connectivity index (χ1n) is 9.10. The second-order valence-electron chi connectivity index (χ2n) is 6.34. The summed E-state index contributed by atoms with van der Waals surface area (Å²) in [5.74, 6) is -0.120. The number of rotatable bonds is 6. The van der Waals surface area contributed by atoms with Gasteiger partial charge in [0.1, 0.15) is 24.0 Å². The molecule has 3 aromatic carbocycles. The fourth-order valence-electron chi connectivity index (χ4n) is 2.73. The number of hydrogen-bond acceptors (Lipinski definition) is 4. The lowest BCUT2D eigenvalue weighted by Crippen LogP contribution is -2.13. The third-order valence-electron chi connectivity index (χ3n) is 4.28. The molecule has 3 aromatic rings. The van der Waals surface area contributed by atoms with Crippen molar-refractivity contribution in [1.29, 1.82) is 10.5 Å². The Morgan fingerprint density at radius 2 is 1.84 bits per heavy atom. The van der Waals surface area contributed by atoms with Crippen LogP contribution in [0.25, 0.3) is 6.08 Å². The van der Waals surface area contributed by atoms with Crippen molar-refractivity contribution in [2.45, 2.75) is 6.61 Å². The molecule has 0 saturated carbocycles. The highest BCUT2D eigenvalue weighted by Crippen LogP contribution is 2.27. The highest BCUT2D eigenvalue weighted by Gasteiger charge is 2.13. The molecule has 0 atom stereocenters. The van der Waals surface area contributed by atoms with E-state index in [1.165, 1.54) is 6.08 Å². The zero-order valence-electron chi connectivity index (χ0n) is 16.1. The van der Waals surface area contributed by atoms with Crippen LogP contribution in [0.3, 0.4) is 0 Å². The van der Waals surface area contributed by atoms with Crippen molar-refractivity contribution in [1.82, 2.24) is 0 Å². The van der Waals surface area contributed by atoms with E-state index in [2.05, 4.69) is 27.3 Å². The van der Waals surface area contributed by atoms with Gasteiger partial charge in [-0.05, 0) is 42.5 Å². The van der Waals surface area contributed by atoms with Crippen LogP contribution in [0.5, 0.6) is 5.75 Å². The number of halogens is 2. The molecular formula is C24H15BrClN3O2. The van der Waals surface area contributed by atoms with Crippen LogP contribution in [0.2, 0.25) is 5.02 Å². The van der Waals surface area contributed by atoms with E-state index in [-0.39, 0.29) is 12.2 Å². The second kappa shape index (κ2) is 10.4. The number of para-hydroxylation sites is 1. The summed E-state index contributed by atoms with van der Waals surface area (Å²) < 4.78 is 6.66. The molecule has 3 rings (SSSR count). The van der Waals surface area contributed by atoms with Crippen LogP contribution in [0.15, 0.2) is 76.8 Å². The molecule has 0 saturated heterocycles. The number of ether oxygens (including phenoxy) is 1. The Morgan fingerprint density at radius 3 is 2.58 bits per heavy atom. The van der Waals surface area contributed by atoms with Gasteiger partial charge < -0.3 is 10.1 Å². The molecule has 0 fully saturated rings. The molecule has 7 heteroatoms. The summed E-state index contributed by atoms with van der Waals surface area (Å²) in [6, 6.07) is 23.2. The van der Waals surface area contributed by atoms with Gasteiger partial charge in [0, 0.05) is 15.6 Å². The molecule has 0 bridgehead atoms. The molecular weight excluding hydrogens is 478 g/mol. The van der Waals surface area contributed by atoms with Gasteiger partial charge in [0.2, 0.25) is 0 Å². The van der Waals surface area contributed by atoms with Gasteiger partial charge in [0.05, 0.1) is 22.3 Å². The number of nitriles is 2. The summed E-state index contributed by atoms with van der Waals surface area (Å²) in [5, 5.41) is 21.8. The number of benzene rings is 3. The number of anilines is 1. The molecule has 0 aliphatic heterocycles. The SMILES string of the molecule is N#C/C(=C\c1cc(Br)ccc1OCc1ccccc1C#N)C(=O)Nc1ccccc1Cl. The zero-order chi connectivity index (χ0) is 22.2. The third-order valence-corrected chi connectivity index (χ3v) is 5.10. The van der Waals surface area contributed by atoms with E-state index >= 15 is 0 Å². The van der Waals surface area contributed by atoms with Gasteiger partial charge in [-0.3, -0.25) is 4.79 Å². The summed E-state index contributed by atoms with van der Waals surface area (Å²) in [6.07, 6.45) is 1.45. The third kappa shape index (κ3) is 5.73. The molecule has 31 heavy (non-hydrogen) atoms. The minimum Gasteiger partial charge on any atom is -0.488 e. The smallest absolute Gasteiger partial charge is 0.266 e. The van der Waals surface area contributed by atoms with Crippen molar-refractivity contribution in [2.75, 3.05) is 5.32 Å². The van der Waals surface area contributed by atoms with Crippen molar-refractivity contribution >= 4 is 45.2 Å². The monoisotopic (exact) mass is 491 g/mol. The first-order valence-corrected chi connectivity index (χ1v) is 10.3. The van der Waals surface area contributed by atoms with Gasteiger partial charge in [-0.2, -0.15) is 10.5 Å². The molecule has 0 aliphatic rings. The lowest BCUT2D eigenvalue weighted by molar-refractivity contribution is -0.112. The molecule has 1 amide bonds. The Morgan fingerprint density at radius 1 is 1.10 bits per heavy atom. The zero-order valence-corrected chi connectivity index (χ0v) is 18.4. The molecule has 0 unspecified atom stereocenters. The van der Waals surface area contributed by atoms with E-state index in [0.717, 1.165) is 10.0 Å². The van der Waals surface area contributed by atoms with Crippen LogP contribution in [-0.2, 0) is 11.4 Å². The van der Waals surface area contributed by atoms with Gasteiger partial charge in [-0.15, -0.1) is 0 Å². The Labute approximate surface area is 193 Å². The van der Waals surface area contributed by atoms with Crippen LogP contribution in [-0.4, -0.2) is 5.91 Å². The van der Waals surface area contributed by atoms with Crippen molar-refractivity contribution in [3.63, 3.8) is 0 Å². The summed E-state index contributed by atoms with van der Waals surface area (Å²) in [4.78, 5) is 12.6. The Hall–Kier alpha value is -3.58. The standard InChI is InChI=1S/C24H15BrClN3O2/c25-20-9-10-23(31-15-17-6-2-1-5-16(17)13-27)18(12-20)11-19(14-28)24(30)29-22-8-4-3-7-21(22)26/h1-12H,15H2,(H,29,30)/b19-11+. The molecule has 0 spiro atoms. The number of carbonyl (C=O) groups excluding carboxylic acids is 1. The maximum atomic E-state index is 12.6. The van der Waals surface area contributed by atoms with Crippen molar-refractivity contribution in [3.8, 4) is 17.9 Å². The predicted molar refractivity (Wildman–Crippen MR) is 123 cm³/mol. The van der Waals surface area contributed by atoms with E-state index in [0.29, 0.717) is 27.6 Å². The quantitative estimate of drug-likeness (QED) is 0.333. The van der Waals surface area contributed by atoms with E-state index in [4.69, 9.17) is 16.3 Å². The number of nitrogens with zero attached hydrogens (tertiary/aromatic N) is 2. The molecule has 5 nitrogen and oxygen atoms in total. The first-order chi connectivity index (χ1) is 15.0. The van der Waals surface area contributed by atoms with Crippen LogP contribution in [0, 0.1) is 22.7 Å². The van der Waals surface area contributed by atoms with E-state index in [1.54, 1.807) is 54.6 Å². The van der Waals surface area contributed by atoms with Gasteiger partial charge >= 0.3 is 0 Å². The fourth-order valence-corrected chi connectivity index (χ4v) is 3.29. The maximum Gasteiger partial charge on any atom is 0.266 e. The minimum atomic E-state index is -0.587. The lowest BCUT2D eigenvalue weighted by atomic mass is 10.1. The number of amides is 1. The molecule has 0 heterocycles. The van der Waals surface area contributed by atoms with E-state index in [1.807, 2.05) is 18.2 Å². The number of carbonyl (C=O) groups is 1. The first kappa shape index (κ1) is 22.1. The van der Waals surface area contributed by atoms with Crippen LogP contribution in [0.1, 0.15) is 16.7 Å². The Kier molecular flexibility index (Phi) is 7.45. The average Bonchev–Trinajstić information content (AvgIpc) is 2.78. The highest BCUT2D eigenvalue weighted by atomic mass is 79.9. The molecule has 1 N–H and O–H groups in total. The largest absolute Gasteiger partial charge is 0.488 e. The van der Waals surface area contributed by atoms with Crippen LogP contribution >= 0.6 is 27.5 Å². The minimum absolute atomic E-state index is 0.111. The number of hydrogen-bond donors (Lipinski definition) is 1.